The number of carboxylic acid groups (broad SMARTS) is 1. The number of hydrogen-bond acceptors (Lipinski definition) is 9. The number of rotatable bonds is 13. The Balaban J connectivity index is -0.0000000462. The molecule has 366 valence electrons. The maximum Gasteiger partial charge on any atom is 0.333 e. The van der Waals surface area contributed by atoms with Crippen molar-refractivity contribution in [2.24, 2.45) is 22.2 Å². The number of aliphatic hydroxyl groups excluding tert-OH is 1. The van der Waals surface area contributed by atoms with E-state index in [-0.39, 0.29) is 107 Å². The fraction of sp³-hybridized carbons (Fsp3) is 0.854. The summed E-state index contributed by atoms with van der Waals surface area (Å²) in [6, 6.07) is 0.265. The van der Waals surface area contributed by atoms with E-state index >= 15 is 0 Å². The molecule has 0 saturated heterocycles. The zero-order valence-corrected chi connectivity index (χ0v) is 35.2. The Bertz CT molecular complexity index is 1020. The number of esters is 3. The summed E-state index contributed by atoms with van der Waals surface area (Å²) in [5.41, 5.74) is -0.834. The monoisotopic (exact) mass is 860 g/mol. The number of amides is 1. The molecule has 3 unspecified atom stereocenters. The Morgan fingerprint density at radius 3 is 1.29 bits per heavy atom. The van der Waals surface area contributed by atoms with Gasteiger partial charge in [-0.25, -0.2) is 4.79 Å². The Hall–Kier alpha value is -2.95. The average Bonchev–Trinajstić information content (AvgIpc) is 3.06. The highest BCUT2D eigenvalue weighted by molar-refractivity contribution is 5.86. The van der Waals surface area contributed by atoms with Gasteiger partial charge in [0.15, 0.2) is 0 Å². The van der Waals surface area contributed by atoms with Gasteiger partial charge >= 0.3 is 23.9 Å². The summed E-state index contributed by atoms with van der Waals surface area (Å²) in [7, 11) is 0. The van der Waals surface area contributed by atoms with E-state index in [0.717, 1.165) is 44.9 Å². The molecule has 11 nitrogen and oxygen atoms in total. The van der Waals surface area contributed by atoms with Crippen molar-refractivity contribution in [1.29, 1.82) is 0 Å². The molecule has 0 bridgehead atoms. The summed E-state index contributed by atoms with van der Waals surface area (Å²) in [5, 5.41) is 21.0. The lowest BCUT2D eigenvalue weighted by atomic mass is 9.89. The third-order valence-corrected chi connectivity index (χ3v) is 8.65. The number of ether oxygens (including phenoxy) is 3. The first-order valence-electron chi connectivity index (χ1n) is 18.7. The van der Waals surface area contributed by atoms with Crippen molar-refractivity contribution in [3.63, 3.8) is 0 Å². The first kappa shape index (κ1) is 87.5. The summed E-state index contributed by atoms with van der Waals surface area (Å²) in [6.07, 6.45) is 6.07. The minimum absolute atomic E-state index is 0. The van der Waals surface area contributed by atoms with Crippen LogP contribution in [-0.2, 0) is 38.2 Å². The molecule has 1 amide bonds. The molecular formula is C48H109NO10. The van der Waals surface area contributed by atoms with E-state index in [4.69, 9.17) is 14.6 Å². The summed E-state index contributed by atoms with van der Waals surface area (Å²) >= 11 is 0. The van der Waals surface area contributed by atoms with E-state index in [2.05, 4.69) is 16.6 Å². The number of aliphatic hydroxyl groups is 1. The Kier molecular flexibility index (Phi) is 68.4. The number of aliphatic carboxylic acids is 1. The second kappa shape index (κ2) is 46.1. The summed E-state index contributed by atoms with van der Waals surface area (Å²) in [4.78, 5) is 54.6. The molecule has 1 rings (SSSR count). The van der Waals surface area contributed by atoms with Gasteiger partial charge in [0, 0.05) is 17.5 Å². The Morgan fingerprint density at radius 1 is 0.661 bits per heavy atom. The largest absolute Gasteiger partial charge is 0.481 e. The molecule has 3 N–H and O–H groups in total. The highest BCUT2D eigenvalue weighted by Gasteiger charge is 2.33. The fourth-order valence-electron chi connectivity index (χ4n) is 3.14. The van der Waals surface area contributed by atoms with Crippen LogP contribution in [0, 0.1) is 22.2 Å². The third kappa shape index (κ3) is 44.4. The van der Waals surface area contributed by atoms with Crippen LogP contribution in [-0.4, -0.2) is 71.5 Å². The molecule has 0 aromatic heterocycles. The topological polar surface area (TPSA) is 166 Å². The van der Waals surface area contributed by atoms with Crippen LogP contribution in [0.25, 0.3) is 0 Å². The molecule has 0 aromatic rings. The van der Waals surface area contributed by atoms with Gasteiger partial charge in [-0.05, 0) is 121 Å². The lowest BCUT2D eigenvalue weighted by Crippen LogP contribution is -2.38. The van der Waals surface area contributed by atoms with Crippen molar-refractivity contribution in [1.82, 2.24) is 5.32 Å². The minimum atomic E-state index is -0.722. The van der Waals surface area contributed by atoms with Crippen LogP contribution in [0.5, 0.6) is 0 Å². The van der Waals surface area contributed by atoms with Crippen LogP contribution in [0.15, 0.2) is 12.2 Å². The predicted molar refractivity (Wildman–Crippen MR) is 259 cm³/mol. The standard InChI is InChI=1S/C12H22O3.C8H17NO.C8H16O2.C6H12O2.C6H10O2.8CH4/c1-4-12(2,3)11(14)15-10-8-6-5-7-9(10)13;1-5-7(4)8(10)9-6(2)3;1-5-8(3,4)7(9)10-6-2;1-4-6(2,3)5(7)8;1-4-8-6(7)5(2)3;;;;;;;;/h9-10,13H,4-8H2,1-3H3;6-7H,5H2,1-4H3,(H,9,10);5-6H2,1-4H3;4H2,1-3H3,(H,7,8);2,4H2,1,3H3;8*1H4. The van der Waals surface area contributed by atoms with Gasteiger partial charge in [0.2, 0.25) is 5.91 Å². The zero-order chi connectivity index (χ0) is 41.2. The van der Waals surface area contributed by atoms with E-state index in [1.54, 1.807) is 27.7 Å². The van der Waals surface area contributed by atoms with Crippen molar-refractivity contribution >= 4 is 29.8 Å². The maximum absolute atomic E-state index is 11.8. The molecule has 0 heterocycles. The smallest absolute Gasteiger partial charge is 0.333 e. The van der Waals surface area contributed by atoms with Crippen LogP contribution >= 0.6 is 0 Å². The van der Waals surface area contributed by atoms with Crippen molar-refractivity contribution < 1.29 is 48.4 Å². The van der Waals surface area contributed by atoms with E-state index in [0.29, 0.717) is 25.2 Å². The van der Waals surface area contributed by atoms with E-state index in [1.807, 2.05) is 83.1 Å². The molecule has 59 heavy (non-hydrogen) atoms. The lowest BCUT2D eigenvalue weighted by molar-refractivity contribution is -0.168. The third-order valence-electron chi connectivity index (χ3n) is 8.65. The molecular weight excluding hydrogens is 751 g/mol. The van der Waals surface area contributed by atoms with Crippen LogP contribution in [0.4, 0.5) is 0 Å². The van der Waals surface area contributed by atoms with Gasteiger partial charge < -0.3 is 29.7 Å². The first-order chi connectivity index (χ1) is 23.3. The fourth-order valence-corrected chi connectivity index (χ4v) is 3.14. The number of carbonyl (C=O) groups is 5. The first-order valence-corrected chi connectivity index (χ1v) is 18.7. The van der Waals surface area contributed by atoms with Crippen molar-refractivity contribution in [2.45, 2.75) is 240 Å². The summed E-state index contributed by atoms with van der Waals surface area (Å²) in [6.45, 7) is 34.2. The van der Waals surface area contributed by atoms with E-state index < -0.39 is 22.9 Å². The van der Waals surface area contributed by atoms with Crippen LogP contribution in [0.3, 0.4) is 0 Å². The van der Waals surface area contributed by atoms with Gasteiger partial charge in [-0.2, -0.15) is 0 Å². The quantitative estimate of drug-likeness (QED) is 0.0921. The van der Waals surface area contributed by atoms with Gasteiger partial charge in [-0.3, -0.25) is 19.2 Å². The summed E-state index contributed by atoms with van der Waals surface area (Å²) < 4.78 is 14.8. The van der Waals surface area contributed by atoms with Crippen LogP contribution in [0.1, 0.15) is 222 Å². The molecule has 3 atom stereocenters. The van der Waals surface area contributed by atoms with Crippen molar-refractivity contribution in [2.75, 3.05) is 13.2 Å². The number of hydrogen-bond donors (Lipinski definition) is 3. The number of nitrogens with one attached hydrogen (secondary N) is 1. The molecule has 0 spiro atoms. The molecule has 1 aliphatic rings. The van der Waals surface area contributed by atoms with Crippen LogP contribution < -0.4 is 5.32 Å². The van der Waals surface area contributed by atoms with Gasteiger partial charge in [0.1, 0.15) is 6.10 Å². The van der Waals surface area contributed by atoms with E-state index in [9.17, 15) is 29.1 Å². The minimum Gasteiger partial charge on any atom is -0.481 e. The SMILES string of the molecule is C.C.C.C.C.C.C.C.C=C(C)C(=O)OCC.CCC(C)(C)C(=O)O.CCC(C)(C)C(=O)OC1CCCCC1O.CCC(C)C(=O)NC(C)C.CCOC(=O)C(C)(C)CC. The molecule has 0 aliphatic heterocycles. The van der Waals surface area contributed by atoms with Gasteiger partial charge in [-0.1, -0.05) is 107 Å². The Labute approximate surface area is 370 Å². The van der Waals surface area contributed by atoms with E-state index in [1.165, 1.54) is 0 Å². The zero-order valence-electron chi connectivity index (χ0n) is 35.2. The summed E-state index contributed by atoms with van der Waals surface area (Å²) in [5.74, 6) is -0.999. The number of carbonyl (C=O) groups excluding carboxylic acids is 4. The van der Waals surface area contributed by atoms with Gasteiger partial charge in [0.25, 0.3) is 0 Å². The molecule has 1 fully saturated rings. The number of carboxylic acids is 1. The highest BCUT2D eigenvalue weighted by Crippen LogP contribution is 2.27. The predicted octanol–water partition coefficient (Wildman–Crippen LogP) is 13.5. The van der Waals surface area contributed by atoms with Crippen LogP contribution in [0.2, 0.25) is 0 Å². The average molecular weight is 860 g/mol. The molecule has 1 aliphatic carbocycles. The molecule has 11 heteroatoms. The lowest BCUT2D eigenvalue weighted by Gasteiger charge is -2.30. The van der Waals surface area contributed by atoms with Crippen molar-refractivity contribution in [3.8, 4) is 0 Å². The molecule has 1 saturated carbocycles. The Morgan fingerprint density at radius 2 is 1.03 bits per heavy atom. The maximum atomic E-state index is 11.8. The normalized spacial score (nSPS) is 13.8. The molecule has 0 radical (unpaired) electrons. The van der Waals surface area contributed by atoms with Crippen molar-refractivity contribution in [3.05, 3.63) is 12.2 Å². The second-order valence-electron chi connectivity index (χ2n) is 15.0. The second-order valence-corrected chi connectivity index (χ2v) is 15.0. The molecule has 0 aromatic carbocycles. The van der Waals surface area contributed by atoms with Gasteiger partial charge in [-0.15, -0.1) is 0 Å². The highest BCUT2D eigenvalue weighted by atomic mass is 16.6. The van der Waals surface area contributed by atoms with Gasteiger partial charge in [0.05, 0.1) is 35.6 Å².